The molecule has 0 aromatic heterocycles. The fraction of sp³-hybridized carbons (Fsp3) is 0.769. The van der Waals surface area contributed by atoms with Crippen molar-refractivity contribution in [2.45, 2.75) is 45.1 Å². The summed E-state index contributed by atoms with van der Waals surface area (Å²) in [5.74, 6) is -0.192. The molecule has 0 aliphatic heterocycles. The Hall–Kier alpha value is -0.830. The molecule has 1 aliphatic rings. The van der Waals surface area contributed by atoms with Crippen LogP contribution in [0.4, 0.5) is 0 Å². The average molecular weight is 225 g/mol. The Kier molecular flexibility index (Phi) is 5.53. The molecule has 0 N–H and O–H groups in total. The van der Waals surface area contributed by atoms with E-state index in [4.69, 9.17) is 4.74 Å². The summed E-state index contributed by atoms with van der Waals surface area (Å²) in [5, 5.41) is 0. The van der Waals surface area contributed by atoms with Gasteiger partial charge in [0.25, 0.3) is 0 Å². The van der Waals surface area contributed by atoms with Gasteiger partial charge >= 0.3 is 5.97 Å². The van der Waals surface area contributed by atoms with Crippen molar-refractivity contribution < 1.29 is 9.53 Å². The third-order valence-electron chi connectivity index (χ3n) is 3.40. The van der Waals surface area contributed by atoms with E-state index in [-0.39, 0.29) is 5.97 Å². The number of carbonyl (C=O) groups excluding carboxylic acids is 1. The van der Waals surface area contributed by atoms with Crippen LogP contribution in [0.2, 0.25) is 0 Å². The highest BCUT2D eigenvalue weighted by atomic mass is 16.5. The van der Waals surface area contributed by atoms with Gasteiger partial charge < -0.3 is 4.74 Å². The number of esters is 1. The number of likely N-dealkylation sites (N-methyl/N-ethyl adjacent to an activating group) is 1. The van der Waals surface area contributed by atoms with Gasteiger partial charge in [0.1, 0.15) is 0 Å². The van der Waals surface area contributed by atoms with Gasteiger partial charge in [0.05, 0.1) is 7.11 Å². The standard InChI is InChI=1S/C13H23NO2/c1-4-11(13(15)16-3)9-10-14(2)12-7-5-6-8-12/h9,12H,4-8,10H2,1-3H3. The molecule has 0 radical (unpaired) electrons. The number of methoxy groups -OCH3 is 1. The lowest BCUT2D eigenvalue weighted by Crippen LogP contribution is -2.29. The highest BCUT2D eigenvalue weighted by molar-refractivity contribution is 5.88. The average Bonchev–Trinajstić information content (AvgIpc) is 2.82. The van der Waals surface area contributed by atoms with Gasteiger partial charge in [0.2, 0.25) is 0 Å². The lowest BCUT2D eigenvalue weighted by Gasteiger charge is -2.22. The molecule has 0 aromatic rings. The monoisotopic (exact) mass is 225 g/mol. The van der Waals surface area contributed by atoms with Crippen molar-refractivity contribution in [2.24, 2.45) is 0 Å². The Balaban J connectivity index is 2.45. The highest BCUT2D eigenvalue weighted by Gasteiger charge is 2.18. The predicted molar refractivity (Wildman–Crippen MR) is 65.3 cm³/mol. The van der Waals surface area contributed by atoms with Gasteiger partial charge in [-0.2, -0.15) is 0 Å². The van der Waals surface area contributed by atoms with E-state index < -0.39 is 0 Å². The third kappa shape index (κ3) is 3.63. The van der Waals surface area contributed by atoms with Crippen LogP contribution in [0, 0.1) is 0 Å². The van der Waals surface area contributed by atoms with E-state index in [2.05, 4.69) is 11.9 Å². The molecule has 3 heteroatoms. The molecule has 1 saturated carbocycles. The maximum atomic E-state index is 11.4. The minimum atomic E-state index is -0.192. The SMILES string of the molecule is CCC(=CCN(C)C1CCCC1)C(=O)OC. The molecule has 0 aromatic carbocycles. The molecule has 1 fully saturated rings. The normalized spacial score (nSPS) is 18.1. The Labute approximate surface area is 98.5 Å². The summed E-state index contributed by atoms with van der Waals surface area (Å²) in [6, 6.07) is 0.701. The summed E-state index contributed by atoms with van der Waals surface area (Å²) in [5.41, 5.74) is 0.785. The Morgan fingerprint density at radius 1 is 1.44 bits per heavy atom. The fourth-order valence-corrected chi connectivity index (χ4v) is 2.25. The summed E-state index contributed by atoms with van der Waals surface area (Å²) in [4.78, 5) is 13.7. The van der Waals surface area contributed by atoms with Crippen molar-refractivity contribution in [3.05, 3.63) is 11.6 Å². The molecular formula is C13H23NO2. The summed E-state index contributed by atoms with van der Waals surface area (Å²) in [6.07, 6.45) is 8.02. The largest absolute Gasteiger partial charge is 0.466 e. The summed E-state index contributed by atoms with van der Waals surface area (Å²) < 4.78 is 4.74. The first-order valence-electron chi connectivity index (χ1n) is 6.16. The molecule has 1 rings (SSSR count). The smallest absolute Gasteiger partial charge is 0.333 e. The van der Waals surface area contributed by atoms with Crippen molar-refractivity contribution in [2.75, 3.05) is 20.7 Å². The van der Waals surface area contributed by atoms with E-state index in [0.717, 1.165) is 18.5 Å². The zero-order valence-corrected chi connectivity index (χ0v) is 10.7. The van der Waals surface area contributed by atoms with Crippen LogP contribution in [0.15, 0.2) is 11.6 Å². The second-order valence-electron chi connectivity index (χ2n) is 4.45. The fourth-order valence-electron chi connectivity index (χ4n) is 2.25. The van der Waals surface area contributed by atoms with Gasteiger partial charge in [-0.1, -0.05) is 25.8 Å². The molecule has 0 spiro atoms. The van der Waals surface area contributed by atoms with E-state index in [9.17, 15) is 4.79 Å². The zero-order valence-electron chi connectivity index (χ0n) is 10.7. The number of carbonyl (C=O) groups is 1. The minimum absolute atomic E-state index is 0.192. The van der Waals surface area contributed by atoms with E-state index in [0.29, 0.717) is 6.04 Å². The van der Waals surface area contributed by atoms with E-state index in [1.165, 1.54) is 32.8 Å². The van der Waals surface area contributed by atoms with Gasteiger partial charge in [-0.3, -0.25) is 4.90 Å². The number of ether oxygens (including phenoxy) is 1. The highest BCUT2D eigenvalue weighted by Crippen LogP contribution is 2.22. The number of nitrogens with zero attached hydrogens (tertiary/aromatic N) is 1. The van der Waals surface area contributed by atoms with Crippen LogP contribution in [0.1, 0.15) is 39.0 Å². The summed E-state index contributed by atoms with van der Waals surface area (Å²) in [6.45, 7) is 2.83. The summed E-state index contributed by atoms with van der Waals surface area (Å²) >= 11 is 0. The van der Waals surface area contributed by atoms with Gasteiger partial charge in [-0.25, -0.2) is 4.79 Å². The Morgan fingerprint density at radius 2 is 2.06 bits per heavy atom. The van der Waals surface area contributed by atoms with Gasteiger partial charge in [0, 0.05) is 18.2 Å². The molecule has 0 heterocycles. The van der Waals surface area contributed by atoms with Crippen molar-refractivity contribution >= 4 is 5.97 Å². The molecule has 92 valence electrons. The van der Waals surface area contributed by atoms with Crippen LogP contribution in [-0.4, -0.2) is 37.6 Å². The second kappa shape index (κ2) is 6.69. The van der Waals surface area contributed by atoms with Crippen LogP contribution >= 0.6 is 0 Å². The molecular weight excluding hydrogens is 202 g/mol. The van der Waals surface area contributed by atoms with E-state index >= 15 is 0 Å². The first-order chi connectivity index (χ1) is 7.69. The molecule has 1 aliphatic carbocycles. The molecule has 0 bridgehead atoms. The number of rotatable bonds is 5. The van der Waals surface area contributed by atoms with Gasteiger partial charge in [-0.05, 0) is 26.3 Å². The Bertz CT molecular complexity index is 255. The molecule has 3 nitrogen and oxygen atoms in total. The van der Waals surface area contributed by atoms with Crippen LogP contribution < -0.4 is 0 Å². The lowest BCUT2D eigenvalue weighted by molar-refractivity contribution is -0.136. The topological polar surface area (TPSA) is 29.5 Å². The molecule has 0 atom stereocenters. The molecule has 0 amide bonds. The molecule has 0 unspecified atom stereocenters. The van der Waals surface area contributed by atoms with Crippen molar-refractivity contribution in [3.8, 4) is 0 Å². The van der Waals surface area contributed by atoms with Gasteiger partial charge in [0.15, 0.2) is 0 Å². The summed E-state index contributed by atoms with van der Waals surface area (Å²) in [7, 11) is 3.57. The molecule has 16 heavy (non-hydrogen) atoms. The quantitative estimate of drug-likeness (QED) is 0.531. The predicted octanol–water partition coefficient (Wildman–Crippen LogP) is 2.37. The van der Waals surface area contributed by atoms with E-state index in [1.807, 2.05) is 13.0 Å². The van der Waals surface area contributed by atoms with Crippen LogP contribution in [-0.2, 0) is 9.53 Å². The maximum Gasteiger partial charge on any atom is 0.333 e. The Morgan fingerprint density at radius 3 is 2.56 bits per heavy atom. The second-order valence-corrected chi connectivity index (χ2v) is 4.45. The first-order valence-corrected chi connectivity index (χ1v) is 6.16. The maximum absolute atomic E-state index is 11.4. The molecule has 0 saturated heterocycles. The zero-order chi connectivity index (χ0) is 12.0. The van der Waals surface area contributed by atoms with Crippen LogP contribution in [0.3, 0.4) is 0 Å². The first kappa shape index (κ1) is 13.2. The van der Waals surface area contributed by atoms with Crippen molar-refractivity contribution in [1.29, 1.82) is 0 Å². The lowest BCUT2D eigenvalue weighted by atomic mass is 10.1. The number of hydrogen-bond acceptors (Lipinski definition) is 3. The van der Waals surface area contributed by atoms with Crippen LogP contribution in [0.5, 0.6) is 0 Å². The van der Waals surface area contributed by atoms with Gasteiger partial charge in [-0.15, -0.1) is 0 Å². The minimum Gasteiger partial charge on any atom is -0.466 e. The van der Waals surface area contributed by atoms with Crippen molar-refractivity contribution in [3.63, 3.8) is 0 Å². The third-order valence-corrected chi connectivity index (χ3v) is 3.40. The van der Waals surface area contributed by atoms with Crippen LogP contribution in [0.25, 0.3) is 0 Å². The number of hydrogen-bond donors (Lipinski definition) is 0. The van der Waals surface area contributed by atoms with E-state index in [1.54, 1.807) is 0 Å². The van der Waals surface area contributed by atoms with Crippen molar-refractivity contribution in [1.82, 2.24) is 4.90 Å².